The number of rotatable bonds is 4. The number of aromatic nitrogens is 2. The minimum atomic E-state index is 0.0801. The number of carbonyl (C=O) groups excluding carboxylic acids is 1. The predicted octanol–water partition coefficient (Wildman–Crippen LogP) is 2.03. The Morgan fingerprint density at radius 1 is 1.47 bits per heavy atom. The fourth-order valence-electron chi connectivity index (χ4n) is 2.55. The van der Waals surface area contributed by atoms with Crippen LogP contribution in [0, 0.1) is 0 Å². The van der Waals surface area contributed by atoms with Crippen LogP contribution in [0.25, 0.3) is 10.9 Å². The summed E-state index contributed by atoms with van der Waals surface area (Å²) in [5.74, 6) is 0.0801. The standard InChI is InChI=1S/C14H18N4O/c19-14(6-4-11-2-1-7-15-11)17-12-3-5-13-10(8-12)9-16-18-13/h3,5,8-9,11,15H,1-2,4,6-7H2,(H,16,18)(H,17,19). The summed E-state index contributed by atoms with van der Waals surface area (Å²) in [4.78, 5) is 11.9. The van der Waals surface area contributed by atoms with Gasteiger partial charge in [-0.05, 0) is 44.0 Å². The van der Waals surface area contributed by atoms with Gasteiger partial charge < -0.3 is 10.6 Å². The number of H-pyrrole nitrogens is 1. The van der Waals surface area contributed by atoms with E-state index in [0.717, 1.165) is 29.6 Å². The molecule has 2 aromatic rings. The molecule has 1 unspecified atom stereocenters. The Balaban J connectivity index is 1.55. The molecule has 1 aliphatic rings. The van der Waals surface area contributed by atoms with Crippen molar-refractivity contribution >= 4 is 22.5 Å². The van der Waals surface area contributed by atoms with Crippen LogP contribution in [0.4, 0.5) is 5.69 Å². The van der Waals surface area contributed by atoms with Gasteiger partial charge in [-0.25, -0.2) is 0 Å². The fourth-order valence-corrected chi connectivity index (χ4v) is 2.55. The molecule has 1 fully saturated rings. The van der Waals surface area contributed by atoms with E-state index < -0.39 is 0 Å². The van der Waals surface area contributed by atoms with Crippen LogP contribution in [-0.2, 0) is 4.79 Å². The molecule has 19 heavy (non-hydrogen) atoms. The summed E-state index contributed by atoms with van der Waals surface area (Å²) >= 11 is 0. The summed E-state index contributed by atoms with van der Waals surface area (Å²) in [5, 5.41) is 14.2. The van der Waals surface area contributed by atoms with E-state index in [1.165, 1.54) is 12.8 Å². The molecule has 0 aliphatic carbocycles. The molecule has 0 radical (unpaired) electrons. The average molecular weight is 258 g/mol. The molecule has 1 aromatic carbocycles. The monoisotopic (exact) mass is 258 g/mol. The van der Waals surface area contributed by atoms with Gasteiger partial charge in [0.2, 0.25) is 5.91 Å². The van der Waals surface area contributed by atoms with Gasteiger partial charge in [-0.2, -0.15) is 5.10 Å². The number of nitrogens with one attached hydrogen (secondary N) is 3. The third-order valence-corrected chi connectivity index (χ3v) is 3.61. The molecule has 0 bridgehead atoms. The minimum Gasteiger partial charge on any atom is -0.326 e. The zero-order valence-corrected chi connectivity index (χ0v) is 10.8. The second-order valence-corrected chi connectivity index (χ2v) is 5.05. The number of fused-ring (bicyclic) bond motifs is 1. The van der Waals surface area contributed by atoms with Crippen LogP contribution < -0.4 is 10.6 Å². The summed E-state index contributed by atoms with van der Waals surface area (Å²) in [6.07, 6.45) is 5.66. The molecule has 1 atom stereocenters. The lowest BCUT2D eigenvalue weighted by Crippen LogP contribution is -2.23. The smallest absolute Gasteiger partial charge is 0.224 e. The van der Waals surface area contributed by atoms with E-state index in [1.54, 1.807) is 6.20 Å². The number of nitrogens with zero attached hydrogens (tertiary/aromatic N) is 1. The molecule has 3 rings (SSSR count). The van der Waals surface area contributed by atoms with Crippen molar-refractivity contribution in [3.63, 3.8) is 0 Å². The summed E-state index contributed by atoms with van der Waals surface area (Å²) < 4.78 is 0. The molecule has 1 aliphatic heterocycles. The highest BCUT2D eigenvalue weighted by Crippen LogP contribution is 2.17. The molecule has 0 spiro atoms. The molecular formula is C14H18N4O. The number of anilines is 1. The van der Waals surface area contributed by atoms with Gasteiger partial charge in [0.05, 0.1) is 11.7 Å². The van der Waals surface area contributed by atoms with Crippen molar-refractivity contribution in [2.45, 2.75) is 31.7 Å². The first-order valence-corrected chi connectivity index (χ1v) is 6.77. The first-order valence-electron chi connectivity index (χ1n) is 6.77. The zero-order chi connectivity index (χ0) is 13.1. The van der Waals surface area contributed by atoms with Gasteiger partial charge in [0.15, 0.2) is 0 Å². The van der Waals surface area contributed by atoms with E-state index in [-0.39, 0.29) is 5.91 Å². The number of hydrogen-bond donors (Lipinski definition) is 3. The number of carbonyl (C=O) groups is 1. The molecule has 5 nitrogen and oxygen atoms in total. The molecule has 5 heteroatoms. The second kappa shape index (κ2) is 5.40. The highest BCUT2D eigenvalue weighted by atomic mass is 16.1. The van der Waals surface area contributed by atoms with Crippen molar-refractivity contribution in [3.05, 3.63) is 24.4 Å². The summed E-state index contributed by atoms with van der Waals surface area (Å²) in [5.41, 5.74) is 1.81. The highest BCUT2D eigenvalue weighted by molar-refractivity contribution is 5.93. The summed E-state index contributed by atoms with van der Waals surface area (Å²) in [6.45, 7) is 1.09. The first kappa shape index (κ1) is 12.2. The van der Waals surface area contributed by atoms with Crippen molar-refractivity contribution in [1.82, 2.24) is 15.5 Å². The van der Waals surface area contributed by atoms with Crippen molar-refractivity contribution in [3.8, 4) is 0 Å². The average Bonchev–Trinajstić information content (AvgIpc) is 3.07. The van der Waals surface area contributed by atoms with Crippen LogP contribution in [-0.4, -0.2) is 28.7 Å². The van der Waals surface area contributed by atoms with Gasteiger partial charge in [0, 0.05) is 23.5 Å². The van der Waals surface area contributed by atoms with Gasteiger partial charge in [0.25, 0.3) is 0 Å². The maximum Gasteiger partial charge on any atom is 0.224 e. The predicted molar refractivity (Wildman–Crippen MR) is 75.0 cm³/mol. The quantitative estimate of drug-likeness (QED) is 0.786. The largest absolute Gasteiger partial charge is 0.326 e. The van der Waals surface area contributed by atoms with Gasteiger partial charge in [-0.15, -0.1) is 0 Å². The van der Waals surface area contributed by atoms with Gasteiger partial charge in [-0.3, -0.25) is 9.89 Å². The number of hydrogen-bond acceptors (Lipinski definition) is 3. The van der Waals surface area contributed by atoms with E-state index in [1.807, 2.05) is 18.2 Å². The van der Waals surface area contributed by atoms with Crippen molar-refractivity contribution < 1.29 is 4.79 Å². The Bertz CT molecular complexity index is 572. The van der Waals surface area contributed by atoms with Crippen molar-refractivity contribution in [2.24, 2.45) is 0 Å². The molecule has 2 heterocycles. The lowest BCUT2D eigenvalue weighted by molar-refractivity contribution is -0.116. The Kier molecular flexibility index (Phi) is 3.46. The molecule has 1 aromatic heterocycles. The lowest BCUT2D eigenvalue weighted by Gasteiger charge is -2.10. The summed E-state index contributed by atoms with van der Waals surface area (Å²) in [7, 11) is 0. The molecular weight excluding hydrogens is 240 g/mol. The normalized spacial score (nSPS) is 18.8. The first-order chi connectivity index (χ1) is 9.31. The maximum atomic E-state index is 11.9. The van der Waals surface area contributed by atoms with E-state index in [9.17, 15) is 4.79 Å². The van der Waals surface area contributed by atoms with E-state index in [0.29, 0.717) is 12.5 Å². The Hall–Kier alpha value is -1.88. The molecule has 3 N–H and O–H groups in total. The SMILES string of the molecule is O=C(CCC1CCCN1)Nc1ccc2[nH]ncc2c1. The van der Waals surface area contributed by atoms with Crippen LogP contribution in [0.3, 0.4) is 0 Å². The van der Waals surface area contributed by atoms with Gasteiger partial charge in [-0.1, -0.05) is 0 Å². The van der Waals surface area contributed by atoms with Gasteiger partial charge in [0.1, 0.15) is 0 Å². The number of aromatic amines is 1. The third-order valence-electron chi connectivity index (χ3n) is 3.61. The van der Waals surface area contributed by atoms with E-state index in [2.05, 4.69) is 20.8 Å². The summed E-state index contributed by atoms with van der Waals surface area (Å²) in [6, 6.07) is 6.27. The molecule has 1 amide bonds. The Morgan fingerprint density at radius 2 is 2.42 bits per heavy atom. The van der Waals surface area contributed by atoms with E-state index in [4.69, 9.17) is 0 Å². The van der Waals surface area contributed by atoms with Crippen LogP contribution in [0.5, 0.6) is 0 Å². The molecule has 0 saturated carbocycles. The van der Waals surface area contributed by atoms with Crippen LogP contribution in [0.1, 0.15) is 25.7 Å². The van der Waals surface area contributed by atoms with Gasteiger partial charge >= 0.3 is 0 Å². The lowest BCUT2D eigenvalue weighted by atomic mass is 10.1. The van der Waals surface area contributed by atoms with Crippen LogP contribution >= 0.6 is 0 Å². The van der Waals surface area contributed by atoms with E-state index >= 15 is 0 Å². The number of amides is 1. The topological polar surface area (TPSA) is 69.8 Å². The zero-order valence-electron chi connectivity index (χ0n) is 10.8. The van der Waals surface area contributed by atoms with Crippen molar-refractivity contribution in [1.29, 1.82) is 0 Å². The van der Waals surface area contributed by atoms with Crippen LogP contribution in [0.15, 0.2) is 24.4 Å². The fraction of sp³-hybridized carbons (Fsp3) is 0.429. The maximum absolute atomic E-state index is 11.9. The molecule has 1 saturated heterocycles. The second-order valence-electron chi connectivity index (χ2n) is 5.05. The number of benzene rings is 1. The highest BCUT2D eigenvalue weighted by Gasteiger charge is 2.15. The van der Waals surface area contributed by atoms with Crippen molar-refractivity contribution in [2.75, 3.05) is 11.9 Å². The Labute approximate surface area is 111 Å². The van der Waals surface area contributed by atoms with Crippen LogP contribution in [0.2, 0.25) is 0 Å². The minimum absolute atomic E-state index is 0.0801. The molecule has 100 valence electrons. The third kappa shape index (κ3) is 2.93. The Morgan fingerprint density at radius 3 is 3.26 bits per heavy atom.